The highest BCUT2D eigenvalue weighted by atomic mass is 19.1. The molecule has 0 fully saturated rings. The van der Waals surface area contributed by atoms with Crippen LogP contribution in [-0.4, -0.2) is 38.7 Å². The van der Waals surface area contributed by atoms with E-state index in [1.54, 1.807) is 25.3 Å². The Morgan fingerprint density at radius 1 is 1.03 bits per heavy atom. The summed E-state index contributed by atoms with van der Waals surface area (Å²) in [5, 5.41) is 8.28. The second-order valence-electron chi connectivity index (χ2n) is 8.43. The number of aromatic nitrogens is 3. The summed E-state index contributed by atoms with van der Waals surface area (Å²) in [7, 11) is 0. The smallest absolute Gasteiger partial charge is 0.219 e. The van der Waals surface area contributed by atoms with Crippen LogP contribution in [0.3, 0.4) is 0 Å². The Kier molecular flexibility index (Phi) is 6.08. The van der Waals surface area contributed by atoms with E-state index < -0.39 is 0 Å². The Bertz CT molecular complexity index is 1300. The molecule has 5 rings (SSSR count). The number of hydrogen-bond acceptors (Lipinski definition) is 4. The molecule has 0 saturated heterocycles. The molecule has 0 radical (unpaired) electrons. The lowest BCUT2D eigenvalue weighted by Crippen LogP contribution is -2.37. The van der Waals surface area contributed by atoms with Crippen molar-refractivity contribution in [1.82, 2.24) is 19.7 Å². The number of nitrogens with zero attached hydrogens (tertiary/aromatic N) is 4. The van der Waals surface area contributed by atoms with Gasteiger partial charge in [-0.1, -0.05) is 30.3 Å². The summed E-state index contributed by atoms with van der Waals surface area (Å²) in [5.74, 6) is 0.531. The summed E-state index contributed by atoms with van der Waals surface area (Å²) in [5.41, 5.74) is 5.76. The van der Waals surface area contributed by atoms with Crippen LogP contribution in [0.4, 0.5) is 10.2 Å². The second kappa shape index (κ2) is 9.47. The Hall–Kier alpha value is -4.00. The molecule has 6 nitrogen and oxygen atoms in total. The number of fused-ring (bicyclic) bond motifs is 1. The van der Waals surface area contributed by atoms with E-state index in [2.05, 4.69) is 22.4 Å². The fraction of sp³-hybridized carbons (Fsp3) is 0.222. The van der Waals surface area contributed by atoms with Gasteiger partial charge in [-0.15, -0.1) is 0 Å². The third kappa shape index (κ3) is 4.55. The van der Waals surface area contributed by atoms with Crippen molar-refractivity contribution >= 4 is 11.7 Å². The molecule has 7 heteroatoms. The van der Waals surface area contributed by atoms with Crippen LogP contribution < -0.4 is 5.32 Å². The van der Waals surface area contributed by atoms with Crippen molar-refractivity contribution in [2.75, 3.05) is 18.4 Å². The van der Waals surface area contributed by atoms with Gasteiger partial charge >= 0.3 is 0 Å². The molecule has 0 bridgehead atoms. The van der Waals surface area contributed by atoms with Crippen LogP contribution in [0.2, 0.25) is 0 Å². The monoisotopic (exact) mass is 455 g/mol. The third-order valence-corrected chi connectivity index (χ3v) is 6.15. The normalized spacial score (nSPS) is 12.9. The van der Waals surface area contributed by atoms with Gasteiger partial charge in [0.15, 0.2) is 0 Å². The molecular weight excluding hydrogens is 429 g/mol. The van der Waals surface area contributed by atoms with Crippen molar-refractivity contribution in [3.05, 3.63) is 90.0 Å². The molecule has 0 saturated carbocycles. The van der Waals surface area contributed by atoms with Crippen LogP contribution in [-0.2, 0) is 24.3 Å². The van der Waals surface area contributed by atoms with Gasteiger partial charge in [0.1, 0.15) is 17.3 Å². The maximum absolute atomic E-state index is 13.6. The fourth-order valence-corrected chi connectivity index (χ4v) is 4.36. The van der Waals surface area contributed by atoms with E-state index in [4.69, 9.17) is 5.10 Å². The number of nitrogens with one attached hydrogen (secondary N) is 1. The van der Waals surface area contributed by atoms with Gasteiger partial charge in [0.05, 0.1) is 18.8 Å². The maximum Gasteiger partial charge on any atom is 0.219 e. The van der Waals surface area contributed by atoms with E-state index in [9.17, 15) is 9.18 Å². The number of rotatable bonds is 6. The molecule has 1 aliphatic heterocycles. The molecule has 34 heavy (non-hydrogen) atoms. The first-order chi connectivity index (χ1) is 16.6. The van der Waals surface area contributed by atoms with Crippen LogP contribution in [0.1, 0.15) is 18.2 Å². The van der Waals surface area contributed by atoms with Crippen LogP contribution in [0, 0.1) is 5.82 Å². The quantitative estimate of drug-likeness (QED) is 0.455. The van der Waals surface area contributed by atoms with Crippen molar-refractivity contribution in [2.45, 2.75) is 26.4 Å². The van der Waals surface area contributed by atoms with Gasteiger partial charge in [-0.2, -0.15) is 5.10 Å². The number of halogens is 1. The van der Waals surface area contributed by atoms with E-state index in [-0.39, 0.29) is 11.7 Å². The maximum atomic E-state index is 13.6. The highest BCUT2D eigenvalue weighted by Crippen LogP contribution is 2.37. The average molecular weight is 456 g/mol. The first kappa shape index (κ1) is 21.8. The molecule has 2 aromatic carbocycles. The minimum atomic E-state index is -0.286. The van der Waals surface area contributed by atoms with Crippen molar-refractivity contribution in [3.8, 4) is 22.4 Å². The number of carbonyl (C=O) groups is 1. The fourth-order valence-electron chi connectivity index (χ4n) is 4.36. The Balaban J connectivity index is 1.49. The van der Waals surface area contributed by atoms with Crippen LogP contribution in [0.5, 0.6) is 0 Å². The van der Waals surface area contributed by atoms with Crippen LogP contribution in [0.15, 0.2) is 72.9 Å². The van der Waals surface area contributed by atoms with Gasteiger partial charge in [0, 0.05) is 37.3 Å². The summed E-state index contributed by atoms with van der Waals surface area (Å²) in [6, 6.07) is 20.7. The molecule has 4 aromatic rings. The summed E-state index contributed by atoms with van der Waals surface area (Å²) >= 11 is 0. The topological polar surface area (TPSA) is 63.1 Å². The molecular formula is C27H26FN5O. The molecule has 3 heterocycles. The number of anilines is 1. The first-order valence-electron chi connectivity index (χ1n) is 11.4. The molecule has 1 aliphatic rings. The summed E-state index contributed by atoms with van der Waals surface area (Å²) in [6.45, 7) is 4.08. The van der Waals surface area contributed by atoms with E-state index in [0.717, 1.165) is 46.9 Å². The highest BCUT2D eigenvalue weighted by Gasteiger charge is 2.27. The van der Waals surface area contributed by atoms with Gasteiger partial charge in [-0.05, 0) is 53.9 Å². The second-order valence-corrected chi connectivity index (χ2v) is 8.43. The summed E-state index contributed by atoms with van der Waals surface area (Å²) in [4.78, 5) is 18.4. The average Bonchev–Trinajstić information content (AvgIpc) is 3.24. The zero-order valence-electron chi connectivity index (χ0n) is 19.0. The lowest BCUT2D eigenvalue weighted by molar-refractivity contribution is -0.130. The van der Waals surface area contributed by atoms with Crippen LogP contribution in [0.25, 0.3) is 22.4 Å². The predicted octanol–water partition coefficient (Wildman–Crippen LogP) is 4.77. The standard InChI is InChI=1S/C27H26FN5O/c1-19(34)32-15-16-33-24(18-32)26(27(31-33)21-7-9-23(28)10-8-21)22-12-14-30-25(17-22)29-13-11-20-5-3-2-4-6-20/h2-10,12,14,17H,11,13,15-16,18H2,1H3,(H,29,30). The largest absolute Gasteiger partial charge is 0.370 e. The lowest BCUT2D eigenvalue weighted by Gasteiger charge is -2.27. The van der Waals surface area contributed by atoms with Gasteiger partial charge in [0.2, 0.25) is 5.91 Å². The SMILES string of the molecule is CC(=O)N1CCn2nc(-c3ccc(F)cc3)c(-c3ccnc(NCCc4ccccc4)c3)c2C1. The van der Waals surface area contributed by atoms with Gasteiger partial charge in [0.25, 0.3) is 0 Å². The molecule has 0 aliphatic carbocycles. The number of benzene rings is 2. The molecule has 2 aromatic heterocycles. The number of pyridine rings is 1. The predicted molar refractivity (Wildman–Crippen MR) is 131 cm³/mol. The summed E-state index contributed by atoms with van der Waals surface area (Å²) < 4.78 is 15.6. The number of amides is 1. The highest BCUT2D eigenvalue weighted by molar-refractivity contribution is 5.84. The van der Waals surface area contributed by atoms with E-state index >= 15 is 0 Å². The zero-order valence-corrected chi connectivity index (χ0v) is 19.0. The molecule has 0 spiro atoms. The minimum absolute atomic E-state index is 0.0414. The molecule has 172 valence electrons. The number of carbonyl (C=O) groups excluding carboxylic acids is 1. The molecule has 1 N–H and O–H groups in total. The zero-order chi connectivity index (χ0) is 23.5. The molecule has 0 atom stereocenters. The minimum Gasteiger partial charge on any atom is -0.370 e. The Labute approximate surface area is 198 Å². The van der Waals surface area contributed by atoms with E-state index in [0.29, 0.717) is 19.6 Å². The van der Waals surface area contributed by atoms with Crippen molar-refractivity contribution < 1.29 is 9.18 Å². The molecule has 0 unspecified atom stereocenters. The molecule has 1 amide bonds. The van der Waals surface area contributed by atoms with E-state index in [1.165, 1.54) is 17.7 Å². The van der Waals surface area contributed by atoms with E-state index in [1.807, 2.05) is 39.9 Å². The Morgan fingerprint density at radius 3 is 2.59 bits per heavy atom. The summed E-state index contributed by atoms with van der Waals surface area (Å²) in [6.07, 6.45) is 2.68. The van der Waals surface area contributed by atoms with Crippen LogP contribution >= 0.6 is 0 Å². The van der Waals surface area contributed by atoms with Gasteiger partial charge in [-0.3, -0.25) is 9.48 Å². The van der Waals surface area contributed by atoms with Crippen molar-refractivity contribution in [2.24, 2.45) is 0 Å². The van der Waals surface area contributed by atoms with Gasteiger partial charge < -0.3 is 10.2 Å². The lowest BCUT2D eigenvalue weighted by atomic mass is 9.98. The number of hydrogen-bond donors (Lipinski definition) is 1. The van der Waals surface area contributed by atoms with Crippen molar-refractivity contribution in [1.29, 1.82) is 0 Å². The van der Waals surface area contributed by atoms with Crippen molar-refractivity contribution in [3.63, 3.8) is 0 Å². The first-order valence-corrected chi connectivity index (χ1v) is 11.4. The van der Waals surface area contributed by atoms with Gasteiger partial charge in [-0.25, -0.2) is 9.37 Å². The Morgan fingerprint density at radius 2 is 1.82 bits per heavy atom. The third-order valence-electron chi connectivity index (χ3n) is 6.15.